The van der Waals surface area contributed by atoms with E-state index in [-0.39, 0.29) is 36.4 Å². The minimum Gasteiger partial charge on any atom is -0.381 e. The summed E-state index contributed by atoms with van der Waals surface area (Å²) in [5.74, 6) is 0.0158. The van der Waals surface area contributed by atoms with Crippen molar-refractivity contribution >= 4 is 23.6 Å². The van der Waals surface area contributed by atoms with Crippen molar-refractivity contribution in [3.8, 4) is 0 Å². The molecule has 22 heavy (non-hydrogen) atoms. The van der Waals surface area contributed by atoms with Gasteiger partial charge in [-0.05, 0) is 6.92 Å². The Morgan fingerprint density at radius 3 is 2.50 bits per heavy atom. The molecule has 0 aliphatic carbocycles. The van der Waals surface area contributed by atoms with Crippen LogP contribution < -0.4 is 21.9 Å². The fourth-order valence-electron chi connectivity index (χ4n) is 1.94. The van der Waals surface area contributed by atoms with Crippen molar-refractivity contribution in [2.75, 3.05) is 18.9 Å². The molecule has 0 atom stereocenters. The minimum absolute atomic E-state index is 0.106. The van der Waals surface area contributed by atoms with E-state index in [2.05, 4.69) is 15.6 Å². The summed E-state index contributed by atoms with van der Waals surface area (Å²) in [4.78, 5) is 40.2. The van der Waals surface area contributed by atoms with Gasteiger partial charge < -0.3 is 10.6 Å². The number of amides is 1. The summed E-state index contributed by atoms with van der Waals surface area (Å²) in [6.45, 7) is 5.58. The number of rotatable bonds is 6. The number of hydrogen-bond donors (Lipinski definition) is 2. The molecule has 1 amide bonds. The number of nitrogens with zero attached hydrogens (tertiary/aromatic N) is 3. The van der Waals surface area contributed by atoms with Crippen molar-refractivity contribution in [3.05, 3.63) is 20.8 Å². The molecule has 0 radical (unpaired) electrons. The maximum absolute atomic E-state index is 12.4. The fraction of sp³-hybridized carbons (Fsp3) is 0.571. The Kier molecular flexibility index (Phi) is 6.09. The molecule has 0 unspecified atom stereocenters. The lowest BCUT2D eigenvalue weighted by molar-refractivity contribution is -0.124. The number of anilines is 1. The largest absolute Gasteiger partial charge is 0.381 e. The average Bonchev–Trinajstić information content (AvgIpc) is 2.48. The Morgan fingerprint density at radius 1 is 1.36 bits per heavy atom. The molecule has 0 aliphatic rings. The van der Waals surface area contributed by atoms with Crippen LogP contribution in [-0.2, 0) is 18.4 Å². The maximum atomic E-state index is 12.4. The molecular weight excluding hydrogens is 286 g/mol. The zero-order chi connectivity index (χ0) is 16.9. The molecule has 8 nitrogen and oxygen atoms in total. The van der Waals surface area contributed by atoms with Gasteiger partial charge in [-0.2, -0.15) is 0 Å². The van der Waals surface area contributed by atoms with Gasteiger partial charge in [-0.1, -0.05) is 13.8 Å². The third-order valence-corrected chi connectivity index (χ3v) is 3.18. The van der Waals surface area contributed by atoms with Crippen LogP contribution in [-0.4, -0.2) is 34.8 Å². The van der Waals surface area contributed by atoms with Gasteiger partial charge in [0.2, 0.25) is 5.91 Å². The van der Waals surface area contributed by atoms with Crippen molar-refractivity contribution in [3.63, 3.8) is 0 Å². The van der Waals surface area contributed by atoms with Gasteiger partial charge in [0.05, 0.1) is 0 Å². The van der Waals surface area contributed by atoms with Crippen LogP contribution in [0.5, 0.6) is 0 Å². The van der Waals surface area contributed by atoms with Crippen LogP contribution in [0.25, 0.3) is 0 Å². The number of aromatic nitrogens is 2. The molecule has 2 N–H and O–H groups in total. The van der Waals surface area contributed by atoms with Gasteiger partial charge >= 0.3 is 5.69 Å². The van der Waals surface area contributed by atoms with Crippen molar-refractivity contribution < 1.29 is 4.79 Å². The van der Waals surface area contributed by atoms with Crippen molar-refractivity contribution in [2.24, 2.45) is 18.0 Å². The molecule has 122 valence electrons. The zero-order valence-corrected chi connectivity index (χ0v) is 13.6. The Bertz CT molecular complexity index is 685. The molecule has 0 aliphatic heterocycles. The van der Waals surface area contributed by atoms with E-state index < -0.39 is 11.2 Å². The molecule has 1 rings (SSSR count). The van der Waals surface area contributed by atoms with E-state index in [1.807, 2.05) is 0 Å². The van der Waals surface area contributed by atoms with Crippen LogP contribution in [0, 0.1) is 5.92 Å². The molecule has 1 aromatic rings. The Balaban J connectivity index is 3.17. The monoisotopic (exact) mass is 309 g/mol. The van der Waals surface area contributed by atoms with Crippen molar-refractivity contribution in [1.29, 1.82) is 0 Å². The standard InChI is InChI=1S/C14H23N5O3/c1-6-16-11-10(15-4)13(21)19(14(22)18(11)5)8-7-17-12(20)9(2)3/h6,9,15H,7-8H2,1-5H3,(H,17,20). The lowest BCUT2D eigenvalue weighted by Gasteiger charge is -2.14. The van der Waals surface area contributed by atoms with E-state index in [1.54, 1.807) is 34.9 Å². The van der Waals surface area contributed by atoms with Crippen molar-refractivity contribution in [1.82, 2.24) is 14.5 Å². The fourth-order valence-corrected chi connectivity index (χ4v) is 1.94. The van der Waals surface area contributed by atoms with Crippen LogP contribution in [0.1, 0.15) is 20.8 Å². The highest BCUT2D eigenvalue weighted by molar-refractivity contribution is 5.77. The van der Waals surface area contributed by atoms with Gasteiger partial charge in [0, 0.05) is 39.3 Å². The second-order valence-corrected chi connectivity index (χ2v) is 5.08. The van der Waals surface area contributed by atoms with Gasteiger partial charge in [-0.15, -0.1) is 0 Å². The Hall–Kier alpha value is -2.38. The molecule has 0 spiro atoms. The van der Waals surface area contributed by atoms with Gasteiger partial charge in [-0.25, -0.2) is 9.79 Å². The summed E-state index contributed by atoms with van der Waals surface area (Å²) in [6.07, 6.45) is 1.52. The second-order valence-electron chi connectivity index (χ2n) is 5.08. The van der Waals surface area contributed by atoms with Crippen LogP contribution in [0.15, 0.2) is 14.6 Å². The summed E-state index contributed by atoms with van der Waals surface area (Å²) < 4.78 is 2.39. The average molecular weight is 309 g/mol. The van der Waals surface area contributed by atoms with E-state index in [4.69, 9.17) is 0 Å². The van der Waals surface area contributed by atoms with Gasteiger partial charge in [0.1, 0.15) is 5.69 Å². The first-order valence-corrected chi connectivity index (χ1v) is 7.13. The lowest BCUT2D eigenvalue weighted by Crippen LogP contribution is -2.43. The third kappa shape index (κ3) is 3.63. The first-order valence-electron chi connectivity index (χ1n) is 7.13. The second kappa shape index (κ2) is 7.58. The zero-order valence-electron chi connectivity index (χ0n) is 13.6. The molecule has 0 aromatic carbocycles. The lowest BCUT2D eigenvalue weighted by atomic mass is 10.2. The molecule has 1 aromatic heterocycles. The predicted octanol–water partition coefficient (Wildman–Crippen LogP) is 0.0831. The molecule has 0 fully saturated rings. The highest BCUT2D eigenvalue weighted by atomic mass is 16.2. The Morgan fingerprint density at radius 2 is 2.00 bits per heavy atom. The molecule has 0 bridgehead atoms. The van der Waals surface area contributed by atoms with Gasteiger partial charge in [-0.3, -0.25) is 18.7 Å². The van der Waals surface area contributed by atoms with Gasteiger partial charge in [0.25, 0.3) is 5.56 Å². The van der Waals surface area contributed by atoms with Crippen LogP contribution in [0.4, 0.5) is 11.5 Å². The summed E-state index contributed by atoms with van der Waals surface area (Å²) in [5, 5.41) is 5.47. The normalized spacial score (nSPS) is 11.2. The smallest absolute Gasteiger partial charge is 0.332 e. The predicted molar refractivity (Wildman–Crippen MR) is 87.2 cm³/mol. The van der Waals surface area contributed by atoms with E-state index in [9.17, 15) is 14.4 Å². The van der Waals surface area contributed by atoms with E-state index >= 15 is 0 Å². The Labute approximate surface area is 128 Å². The number of nitrogens with one attached hydrogen (secondary N) is 2. The number of carbonyl (C=O) groups is 1. The van der Waals surface area contributed by atoms with Gasteiger partial charge in [0.15, 0.2) is 5.82 Å². The van der Waals surface area contributed by atoms with Crippen LogP contribution in [0.2, 0.25) is 0 Å². The van der Waals surface area contributed by atoms with E-state index in [0.29, 0.717) is 0 Å². The van der Waals surface area contributed by atoms with E-state index in [0.717, 1.165) is 4.57 Å². The number of aliphatic imine (C=N–C) groups is 1. The summed E-state index contributed by atoms with van der Waals surface area (Å²) in [5.41, 5.74) is -0.677. The SMILES string of the molecule is CC=Nc1c(NC)c(=O)n(CCNC(=O)C(C)C)c(=O)n1C. The highest BCUT2D eigenvalue weighted by Gasteiger charge is 2.15. The first-order chi connectivity index (χ1) is 10.3. The summed E-state index contributed by atoms with van der Waals surface area (Å²) in [7, 11) is 3.15. The first kappa shape index (κ1) is 17.7. The summed E-state index contributed by atoms with van der Waals surface area (Å²) >= 11 is 0. The van der Waals surface area contributed by atoms with Crippen LogP contribution >= 0.6 is 0 Å². The van der Waals surface area contributed by atoms with Crippen LogP contribution in [0.3, 0.4) is 0 Å². The number of carbonyl (C=O) groups excluding carboxylic acids is 1. The molecule has 0 saturated carbocycles. The third-order valence-electron chi connectivity index (χ3n) is 3.18. The quantitative estimate of drug-likeness (QED) is 0.727. The topological polar surface area (TPSA) is 97.5 Å². The highest BCUT2D eigenvalue weighted by Crippen LogP contribution is 2.16. The minimum atomic E-state index is -0.469. The molecule has 8 heteroatoms. The number of hydrogen-bond acceptors (Lipinski definition) is 5. The van der Waals surface area contributed by atoms with E-state index in [1.165, 1.54) is 10.8 Å². The van der Waals surface area contributed by atoms with Crippen molar-refractivity contribution in [2.45, 2.75) is 27.3 Å². The molecule has 1 heterocycles. The molecule has 0 saturated heterocycles. The maximum Gasteiger partial charge on any atom is 0.332 e. The molecular formula is C14H23N5O3. The summed E-state index contributed by atoms with van der Waals surface area (Å²) in [6, 6.07) is 0.